The maximum atomic E-state index is 9.80. The van der Waals surface area contributed by atoms with Crippen LogP contribution in [0, 0.1) is 17.3 Å². The molecule has 2 bridgehead atoms. The van der Waals surface area contributed by atoms with Crippen LogP contribution in [-0.4, -0.2) is 12.2 Å². The number of ether oxygens (including phenoxy) is 1. The second-order valence-electron chi connectivity index (χ2n) is 7.02. The minimum Gasteiger partial charge on any atom is -0.504 e. The maximum Gasteiger partial charge on any atom is 0.160 e. The van der Waals surface area contributed by atoms with Crippen LogP contribution in [0.15, 0.2) is 18.2 Å². The van der Waals surface area contributed by atoms with Crippen LogP contribution in [0.4, 0.5) is 0 Å². The van der Waals surface area contributed by atoms with Crippen molar-refractivity contribution in [2.75, 3.05) is 7.11 Å². The van der Waals surface area contributed by atoms with Gasteiger partial charge >= 0.3 is 0 Å². The Morgan fingerprint density at radius 3 is 2.42 bits per heavy atom. The highest BCUT2D eigenvalue weighted by molar-refractivity contribution is 5.46. The molecule has 1 N–H and O–H groups in total. The van der Waals surface area contributed by atoms with Crippen LogP contribution >= 0.6 is 0 Å². The van der Waals surface area contributed by atoms with E-state index in [1.807, 2.05) is 6.07 Å². The van der Waals surface area contributed by atoms with Gasteiger partial charge in [0.15, 0.2) is 11.5 Å². The summed E-state index contributed by atoms with van der Waals surface area (Å²) in [6.07, 6.45) is 4.07. The molecule has 0 aromatic heterocycles. The molecule has 3 atom stereocenters. The first kappa shape index (κ1) is 12.8. The van der Waals surface area contributed by atoms with Gasteiger partial charge in [-0.25, -0.2) is 0 Å². The van der Waals surface area contributed by atoms with Crippen LogP contribution in [0.1, 0.15) is 45.6 Å². The van der Waals surface area contributed by atoms with Gasteiger partial charge in [-0.15, -0.1) is 0 Å². The molecule has 2 aliphatic carbocycles. The van der Waals surface area contributed by atoms with Gasteiger partial charge in [0.2, 0.25) is 0 Å². The van der Waals surface area contributed by atoms with Crippen molar-refractivity contribution in [1.29, 1.82) is 0 Å². The second kappa shape index (κ2) is 3.91. The standard InChI is InChI=1S/C17H24O2/c1-16(2)11-5-6-12(9-11)17(16,3)13-7-8-14(18)15(10-13)19-4/h7-8,10-12,18H,5-6,9H2,1-4H3/t11-,12+,17?/m0/s1. The van der Waals surface area contributed by atoms with Gasteiger partial charge in [0.25, 0.3) is 0 Å². The molecule has 1 unspecified atom stereocenters. The van der Waals surface area contributed by atoms with E-state index in [2.05, 4.69) is 26.8 Å². The summed E-state index contributed by atoms with van der Waals surface area (Å²) in [4.78, 5) is 0. The van der Waals surface area contributed by atoms with Crippen molar-refractivity contribution in [3.05, 3.63) is 23.8 Å². The minimum atomic E-state index is 0.191. The van der Waals surface area contributed by atoms with Crippen molar-refractivity contribution >= 4 is 0 Å². The molecule has 0 radical (unpaired) electrons. The normalized spacial score (nSPS) is 35.6. The van der Waals surface area contributed by atoms with Gasteiger partial charge in [0, 0.05) is 5.41 Å². The molecule has 3 rings (SSSR count). The molecule has 2 aliphatic rings. The van der Waals surface area contributed by atoms with E-state index in [1.165, 1.54) is 24.8 Å². The molecular weight excluding hydrogens is 236 g/mol. The number of hydrogen-bond acceptors (Lipinski definition) is 2. The lowest BCUT2D eigenvalue weighted by molar-refractivity contribution is 0.0947. The number of hydrogen-bond donors (Lipinski definition) is 1. The summed E-state index contributed by atoms with van der Waals surface area (Å²) in [6.45, 7) is 7.23. The maximum absolute atomic E-state index is 9.80. The predicted octanol–water partition coefficient (Wildman–Crippen LogP) is 4.11. The third kappa shape index (κ3) is 1.49. The van der Waals surface area contributed by atoms with Gasteiger partial charge in [-0.1, -0.05) is 26.8 Å². The molecule has 104 valence electrons. The highest BCUT2D eigenvalue weighted by atomic mass is 16.5. The Morgan fingerprint density at radius 2 is 1.84 bits per heavy atom. The van der Waals surface area contributed by atoms with Crippen LogP contribution < -0.4 is 4.74 Å². The van der Waals surface area contributed by atoms with Crippen LogP contribution in [0.5, 0.6) is 11.5 Å². The van der Waals surface area contributed by atoms with Gasteiger partial charge in [-0.3, -0.25) is 0 Å². The Hall–Kier alpha value is -1.18. The molecule has 0 heterocycles. The summed E-state index contributed by atoms with van der Waals surface area (Å²) in [7, 11) is 1.62. The summed E-state index contributed by atoms with van der Waals surface area (Å²) in [5.41, 5.74) is 1.83. The first-order chi connectivity index (χ1) is 8.91. The Bertz CT molecular complexity index is 506. The van der Waals surface area contributed by atoms with Crippen molar-refractivity contribution in [3.63, 3.8) is 0 Å². The molecule has 0 aliphatic heterocycles. The summed E-state index contributed by atoms with van der Waals surface area (Å²) in [6, 6.07) is 5.90. The van der Waals surface area contributed by atoms with Crippen molar-refractivity contribution in [2.45, 2.75) is 45.4 Å². The van der Waals surface area contributed by atoms with E-state index >= 15 is 0 Å². The number of fused-ring (bicyclic) bond motifs is 2. The Balaban J connectivity index is 2.10. The van der Waals surface area contributed by atoms with E-state index < -0.39 is 0 Å². The highest BCUT2D eigenvalue weighted by Gasteiger charge is 2.60. The smallest absolute Gasteiger partial charge is 0.160 e. The SMILES string of the molecule is COc1cc(C2(C)[C@@H]3CC[C@@H](C3)C2(C)C)ccc1O. The molecular formula is C17H24O2. The number of methoxy groups -OCH3 is 1. The second-order valence-corrected chi connectivity index (χ2v) is 7.02. The fourth-order valence-electron chi connectivity index (χ4n) is 4.72. The average molecular weight is 260 g/mol. The third-order valence-corrected chi connectivity index (χ3v) is 6.39. The fourth-order valence-corrected chi connectivity index (χ4v) is 4.72. The number of phenols is 1. The van der Waals surface area contributed by atoms with Crippen molar-refractivity contribution in [2.24, 2.45) is 17.3 Å². The molecule has 2 saturated carbocycles. The molecule has 0 amide bonds. The molecule has 1 aromatic rings. The lowest BCUT2D eigenvalue weighted by Gasteiger charge is -2.48. The average Bonchev–Trinajstić information content (AvgIpc) is 2.93. The Labute approximate surface area is 115 Å². The Kier molecular flexibility index (Phi) is 2.64. The lowest BCUT2D eigenvalue weighted by atomic mass is 9.56. The lowest BCUT2D eigenvalue weighted by Crippen LogP contribution is -2.44. The van der Waals surface area contributed by atoms with Gasteiger partial charge in [-0.2, -0.15) is 0 Å². The van der Waals surface area contributed by atoms with E-state index in [0.717, 1.165) is 11.8 Å². The van der Waals surface area contributed by atoms with Gasteiger partial charge in [0.05, 0.1) is 7.11 Å². The van der Waals surface area contributed by atoms with Gasteiger partial charge in [-0.05, 0) is 54.2 Å². The first-order valence-electron chi connectivity index (χ1n) is 7.28. The molecule has 1 aromatic carbocycles. The first-order valence-corrected chi connectivity index (χ1v) is 7.28. The molecule has 2 nitrogen and oxygen atoms in total. The summed E-state index contributed by atoms with van der Waals surface area (Å²) >= 11 is 0. The fraction of sp³-hybridized carbons (Fsp3) is 0.647. The molecule has 19 heavy (non-hydrogen) atoms. The van der Waals surface area contributed by atoms with E-state index in [-0.39, 0.29) is 11.2 Å². The van der Waals surface area contributed by atoms with Crippen molar-refractivity contribution in [1.82, 2.24) is 0 Å². The molecule has 0 saturated heterocycles. The topological polar surface area (TPSA) is 29.5 Å². The zero-order valence-electron chi connectivity index (χ0n) is 12.4. The highest BCUT2D eigenvalue weighted by Crippen LogP contribution is 2.66. The minimum absolute atomic E-state index is 0.191. The van der Waals surface area contributed by atoms with Crippen LogP contribution in [-0.2, 0) is 5.41 Å². The number of rotatable bonds is 2. The zero-order chi connectivity index (χ0) is 13.8. The number of benzene rings is 1. The van der Waals surface area contributed by atoms with Crippen LogP contribution in [0.25, 0.3) is 0 Å². The van der Waals surface area contributed by atoms with Crippen molar-refractivity contribution in [3.8, 4) is 11.5 Å². The van der Waals surface area contributed by atoms with Crippen molar-refractivity contribution < 1.29 is 9.84 Å². The van der Waals surface area contributed by atoms with E-state index in [1.54, 1.807) is 13.2 Å². The number of phenolic OH excluding ortho intramolecular Hbond substituents is 1. The van der Waals surface area contributed by atoms with Crippen LogP contribution in [0.2, 0.25) is 0 Å². The van der Waals surface area contributed by atoms with E-state index in [0.29, 0.717) is 11.2 Å². The summed E-state index contributed by atoms with van der Waals surface area (Å²) in [5, 5.41) is 9.80. The quantitative estimate of drug-likeness (QED) is 0.867. The summed E-state index contributed by atoms with van der Waals surface area (Å²) < 4.78 is 5.29. The molecule has 2 fully saturated rings. The third-order valence-electron chi connectivity index (χ3n) is 6.39. The van der Waals surface area contributed by atoms with Gasteiger partial charge < -0.3 is 9.84 Å². The summed E-state index contributed by atoms with van der Waals surface area (Å²) in [5.74, 6) is 2.43. The van der Waals surface area contributed by atoms with Gasteiger partial charge in [0.1, 0.15) is 0 Å². The number of aromatic hydroxyl groups is 1. The van der Waals surface area contributed by atoms with Crippen LogP contribution in [0.3, 0.4) is 0 Å². The molecule has 2 heteroatoms. The predicted molar refractivity (Wildman–Crippen MR) is 76.6 cm³/mol. The van der Waals surface area contributed by atoms with E-state index in [9.17, 15) is 5.11 Å². The largest absolute Gasteiger partial charge is 0.504 e. The molecule has 0 spiro atoms. The zero-order valence-corrected chi connectivity index (χ0v) is 12.4. The Morgan fingerprint density at radius 1 is 1.16 bits per heavy atom. The monoisotopic (exact) mass is 260 g/mol. The van der Waals surface area contributed by atoms with E-state index in [4.69, 9.17) is 4.74 Å².